The molecule has 2 aromatic rings. The lowest BCUT2D eigenvalue weighted by atomic mass is 10.3. The molecule has 100 valence electrons. The van der Waals surface area contributed by atoms with Crippen molar-refractivity contribution in [3.05, 3.63) is 34.4 Å². The Balaban J connectivity index is 1.91. The van der Waals surface area contributed by atoms with E-state index in [2.05, 4.69) is 21.4 Å². The molecule has 1 N–H and O–H groups in total. The summed E-state index contributed by atoms with van der Waals surface area (Å²) in [5.74, 6) is 0.492. The van der Waals surface area contributed by atoms with Crippen LogP contribution in [0.4, 0.5) is 16.2 Å². The average molecular weight is 278 g/mol. The zero-order valence-corrected chi connectivity index (χ0v) is 11.5. The third kappa shape index (κ3) is 2.68. The summed E-state index contributed by atoms with van der Waals surface area (Å²) in [4.78, 5) is 11.4. The minimum Gasteiger partial charge on any atom is -0.357 e. The standard InChI is InChI=1S/C13H15FN4S/c1-15-13-16-7-11(14)12(17-13)18(9-4-5-9)8-10-3-2-6-19-10/h2-3,6-7,9H,4-5,8H2,1H3,(H,15,16,17). The molecule has 6 heteroatoms. The first-order valence-electron chi connectivity index (χ1n) is 6.27. The molecule has 1 fully saturated rings. The Morgan fingerprint density at radius 1 is 1.53 bits per heavy atom. The fourth-order valence-electron chi connectivity index (χ4n) is 2.01. The molecule has 0 radical (unpaired) electrons. The highest BCUT2D eigenvalue weighted by Crippen LogP contribution is 2.34. The molecule has 2 heterocycles. The van der Waals surface area contributed by atoms with E-state index in [0.717, 1.165) is 12.8 Å². The highest BCUT2D eigenvalue weighted by atomic mass is 32.1. The molecule has 0 atom stereocenters. The Bertz CT molecular complexity index is 554. The molecule has 1 aliphatic rings. The summed E-state index contributed by atoms with van der Waals surface area (Å²) in [5.41, 5.74) is 0. The maximum atomic E-state index is 14.0. The van der Waals surface area contributed by atoms with Gasteiger partial charge >= 0.3 is 0 Å². The van der Waals surface area contributed by atoms with Crippen LogP contribution in [0.25, 0.3) is 0 Å². The second-order valence-electron chi connectivity index (χ2n) is 4.55. The van der Waals surface area contributed by atoms with Gasteiger partial charge in [-0.2, -0.15) is 4.98 Å². The molecule has 0 aromatic carbocycles. The van der Waals surface area contributed by atoms with Crippen LogP contribution in [0.3, 0.4) is 0 Å². The van der Waals surface area contributed by atoms with E-state index in [1.807, 2.05) is 16.3 Å². The summed E-state index contributed by atoms with van der Waals surface area (Å²) in [5, 5.41) is 4.89. The van der Waals surface area contributed by atoms with Crippen LogP contribution in [-0.2, 0) is 6.54 Å². The van der Waals surface area contributed by atoms with E-state index >= 15 is 0 Å². The van der Waals surface area contributed by atoms with Crippen molar-refractivity contribution in [2.45, 2.75) is 25.4 Å². The van der Waals surface area contributed by atoms with Crippen molar-refractivity contribution in [2.24, 2.45) is 0 Å². The van der Waals surface area contributed by atoms with Gasteiger partial charge < -0.3 is 10.2 Å². The number of nitrogens with one attached hydrogen (secondary N) is 1. The number of anilines is 2. The van der Waals surface area contributed by atoms with Crippen molar-refractivity contribution in [3.63, 3.8) is 0 Å². The first-order chi connectivity index (χ1) is 9.28. The third-order valence-electron chi connectivity index (χ3n) is 3.12. The van der Waals surface area contributed by atoms with Crippen LogP contribution in [-0.4, -0.2) is 23.1 Å². The Kier molecular flexibility index (Phi) is 3.33. The first kappa shape index (κ1) is 12.3. The van der Waals surface area contributed by atoms with Crippen LogP contribution in [0.2, 0.25) is 0 Å². The van der Waals surface area contributed by atoms with Gasteiger partial charge in [0.15, 0.2) is 11.6 Å². The maximum Gasteiger partial charge on any atom is 0.224 e. The van der Waals surface area contributed by atoms with Crippen LogP contribution < -0.4 is 10.2 Å². The summed E-state index contributed by atoms with van der Waals surface area (Å²) < 4.78 is 14.0. The van der Waals surface area contributed by atoms with Crippen molar-refractivity contribution in [3.8, 4) is 0 Å². The fraction of sp³-hybridized carbons (Fsp3) is 0.385. The Hall–Kier alpha value is -1.69. The lowest BCUT2D eigenvalue weighted by molar-refractivity contribution is 0.600. The van der Waals surface area contributed by atoms with E-state index in [-0.39, 0.29) is 5.82 Å². The normalized spacial score (nSPS) is 14.4. The van der Waals surface area contributed by atoms with E-state index in [1.54, 1.807) is 18.4 Å². The van der Waals surface area contributed by atoms with Crippen molar-refractivity contribution in [1.29, 1.82) is 0 Å². The molecule has 0 amide bonds. The SMILES string of the molecule is CNc1ncc(F)c(N(Cc2cccs2)C2CC2)n1. The van der Waals surface area contributed by atoms with Gasteiger partial charge in [-0.15, -0.1) is 11.3 Å². The van der Waals surface area contributed by atoms with Gasteiger partial charge in [0.25, 0.3) is 0 Å². The summed E-state index contributed by atoms with van der Waals surface area (Å²) >= 11 is 1.68. The van der Waals surface area contributed by atoms with Crippen LogP contribution in [0, 0.1) is 5.82 Å². The number of rotatable bonds is 5. The van der Waals surface area contributed by atoms with Crippen molar-refractivity contribution in [1.82, 2.24) is 9.97 Å². The monoisotopic (exact) mass is 278 g/mol. The van der Waals surface area contributed by atoms with Gasteiger partial charge in [0, 0.05) is 18.0 Å². The van der Waals surface area contributed by atoms with Crippen LogP contribution in [0.1, 0.15) is 17.7 Å². The Morgan fingerprint density at radius 3 is 3.00 bits per heavy atom. The maximum absolute atomic E-state index is 14.0. The molecule has 3 rings (SSSR count). The fourth-order valence-corrected chi connectivity index (χ4v) is 2.72. The van der Waals surface area contributed by atoms with E-state index in [1.165, 1.54) is 11.1 Å². The number of aromatic nitrogens is 2. The summed E-state index contributed by atoms with van der Waals surface area (Å²) in [7, 11) is 1.73. The van der Waals surface area contributed by atoms with Crippen LogP contribution >= 0.6 is 11.3 Å². The molecular formula is C13H15FN4S. The molecule has 1 aliphatic carbocycles. The molecule has 4 nitrogen and oxygen atoms in total. The molecule has 0 saturated heterocycles. The predicted octanol–water partition coefficient (Wildman–Crippen LogP) is 2.89. The second-order valence-corrected chi connectivity index (χ2v) is 5.59. The molecular weight excluding hydrogens is 263 g/mol. The summed E-state index contributed by atoms with van der Waals surface area (Å²) in [6.07, 6.45) is 3.44. The van der Waals surface area contributed by atoms with E-state index < -0.39 is 0 Å². The molecule has 0 bridgehead atoms. The molecule has 0 aliphatic heterocycles. The van der Waals surface area contributed by atoms with Gasteiger partial charge in [0.1, 0.15) is 0 Å². The highest BCUT2D eigenvalue weighted by Gasteiger charge is 2.32. The second kappa shape index (κ2) is 5.13. The van der Waals surface area contributed by atoms with Crippen molar-refractivity contribution in [2.75, 3.05) is 17.3 Å². The zero-order chi connectivity index (χ0) is 13.2. The summed E-state index contributed by atoms with van der Waals surface area (Å²) in [6, 6.07) is 4.48. The van der Waals surface area contributed by atoms with E-state index in [4.69, 9.17) is 0 Å². The van der Waals surface area contributed by atoms with Gasteiger partial charge in [0.2, 0.25) is 5.95 Å². The van der Waals surface area contributed by atoms with Gasteiger partial charge in [0.05, 0.1) is 12.7 Å². The minimum atomic E-state index is -0.359. The summed E-state index contributed by atoms with van der Waals surface area (Å²) in [6.45, 7) is 0.708. The predicted molar refractivity (Wildman–Crippen MR) is 75.1 cm³/mol. The van der Waals surface area contributed by atoms with Crippen LogP contribution in [0.15, 0.2) is 23.7 Å². The van der Waals surface area contributed by atoms with Gasteiger partial charge in [-0.3, -0.25) is 0 Å². The minimum absolute atomic E-state index is 0.359. The topological polar surface area (TPSA) is 41.1 Å². The van der Waals surface area contributed by atoms with Crippen LogP contribution in [0.5, 0.6) is 0 Å². The Morgan fingerprint density at radius 2 is 2.37 bits per heavy atom. The smallest absolute Gasteiger partial charge is 0.224 e. The lowest BCUT2D eigenvalue weighted by Gasteiger charge is -2.23. The Labute approximate surface area is 115 Å². The quantitative estimate of drug-likeness (QED) is 0.913. The average Bonchev–Trinajstić information content (AvgIpc) is 3.14. The zero-order valence-electron chi connectivity index (χ0n) is 10.6. The molecule has 0 spiro atoms. The lowest BCUT2D eigenvalue weighted by Crippen LogP contribution is -2.27. The largest absolute Gasteiger partial charge is 0.357 e. The highest BCUT2D eigenvalue weighted by molar-refractivity contribution is 7.09. The van der Waals surface area contributed by atoms with Gasteiger partial charge in [-0.25, -0.2) is 9.37 Å². The number of hydrogen-bond acceptors (Lipinski definition) is 5. The molecule has 19 heavy (non-hydrogen) atoms. The number of thiophene rings is 1. The molecule has 2 aromatic heterocycles. The molecule has 0 unspecified atom stereocenters. The number of nitrogens with zero attached hydrogens (tertiary/aromatic N) is 3. The van der Waals surface area contributed by atoms with E-state index in [9.17, 15) is 4.39 Å². The van der Waals surface area contributed by atoms with Gasteiger partial charge in [-0.1, -0.05) is 6.07 Å². The van der Waals surface area contributed by atoms with Crippen molar-refractivity contribution >= 4 is 23.1 Å². The van der Waals surface area contributed by atoms with E-state index in [0.29, 0.717) is 24.4 Å². The number of hydrogen-bond donors (Lipinski definition) is 1. The molecule has 1 saturated carbocycles. The first-order valence-corrected chi connectivity index (χ1v) is 7.15. The third-order valence-corrected chi connectivity index (χ3v) is 3.98. The van der Waals surface area contributed by atoms with Gasteiger partial charge in [-0.05, 0) is 24.3 Å². The van der Waals surface area contributed by atoms with Crippen molar-refractivity contribution < 1.29 is 4.39 Å². The number of halogens is 1.